The lowest BCUT2D eigenvalue weighted by Gasteiger charge is -2.36. The topological polar surface area (TPSA) is 60.6 Å². The molecule has 0 unspecified atom stereocenters. The van der Waals surface area contributed by atoms with Crippen molar-refractivity contribution in [2.45, 2.75) is 57.9 Å². The maximum atomic E-state index is 4.69. The summed E-state index contributed by atoms with van der Waals surface area (Å²) in [5, 5.41) is 8.19. The van der Waals surface area contributed by atoms with Crippen LogP contribution in [0.4, 0.5) is 0 Å². The molecule has 138 valence electrons. The van der Waals surface area contributed by atoms with E-state index in [4.69, 9.17) is 4.98 Å². The zero-order valence-corrected chi connectivity index (χ0v) is 15.8. The molecule has 1 aliphatic rings. The molecule has 2 N–H and O–H groups in total. The Balaban J connectivity index is 1.52. The first kappa shape index (κ1) is 17.3. The molecule has 4 rings (SSSR count). The van der Waals surface area contributed by atoms with E-state index in [0.717, 1.165) is 17.3 Å². The van der Waals surface area contributed by atoms with Crippen LogP contribution < -0.4 is 0 Å². The smallest absolute Gasteiger partial charge is 0.137 e. The minimum atomic E-state index is 0.635. The van der Waals surface area contributed by atoms with E-state index in [1.165, 1.54) is 61.7 Å². The van der Waals surface area contributed by atoms with Crippen LogP contribution in [0, 0.1) is 0 Å². The molecule has 1 saturated carbocycles. The SMILES string of the molecule is CCCN(CC)C1CCC(c2cnc3[nH]cc(-c4cn[nH]c4)c3c2)CC1. The van der Waals surface area contributed by atoms with Gasteiger partial charge in [-0.05, 0) is 62.7 Å². The first-order chi connectivity index (χ1) is 12.8. The van der Waals surface area contributed by atoms with E-state index in [1.807, 2.05) is 18.6 Å². The Bertz CT molecular complexity index is 827. The van der Waals surface area contributed by atoms with Crippen molar-refractivity contribution in [3.63, 3.8) is 0 Å². The molecule has 3 aromatic heterocycles. The van der Waals surface area contributed by atoms with E-state index < -0.39 is 0 Å². The van der Waals surface area contributed by atoms with E-state index in [9.17, 15) is 0 Å². The third-order valence-corrected chi connectivity index (χ3v) is 5.96. The van der Waals surface area contributed by atoms with Crippen molar-refractivity contribution in [1.29, 1.82) is 0 Å². The Morgan fingerprint density at radius 3 is 2.65 bits per heavy atom. The molecule has 0 saturated heterocycles. The van der Waals surface area contributed by atoms with Gasteiger partial charge in [0.05, 0.1) is 6.20 Å². The lowest BCUT2D eigenvalue weighted by Crippen LogP contribution is -2.38. The first-order valence-corrected chi connectivity index (χ1v) is 10.00. The number of pyridine rings is 1. The maximum absolute atomic E-state index is 4.69. The van der Waals surface area contributed by atoms with Gasteiger partial charge in [-0.15, -0.1) is 0 Å². The van der Waals surface area contributed by atoms with Gasteiger partial charge in [-0.2, -0.15) is 5.10 Å². The van der Waals surface area contributed by atoms with Crippen molar-refractivity contribution in [2.75, 3.05) is 13.1 Å². The second-order valence-electron chi connectivity index (χ2n) is 7.49. The Morgan fingerprint density at radius 2 is 1.96 bits per heavy atom. The summed E-state index contributed by atoms with van der Waals surface area (Å²) in [6.07, 6.45) is 14.3. The van der Waals surface area contributed by atoms with Crippen LogP contribution in [-0.4, -0.2) is 44.2 Å². The minimum absolute atomic E-state index is 0.635. The highest BCUT2D eigenvalue weighted by atomic mass is 15.1. The molecule has 26 heavy (non-hydrogen) atoms. The number of nitrogens with one attached hydrogen (secondary N) is 2. The van der Waals surface area contributed by atoms with E-state index >= 15 is 0 Å². The number of aromatic amines is 2. The molecule has 0 radical (unpaired) electrons. The van der Waals surface area contributed by atoms with Gasteiger partial charge in [0.15, 0.2) is 0 Å². The Morgan fingerprint density at radius 1 is 1.12 bits per heavy atom. The average Bonchev–Trinajstić information content (AvgIpc) is 3.35. The summed E-state index contributed by atoms with van der Waals surface area (Å²) in [7, 11) is 0. The van der Waals surface area contributed by atoms with Crippen LogP contribution in [0.15, 0.2) is 30.9 Å². The highest BCUT2D eigenvalue weighted by molar-refractivity contribution is 5.93. The fourth-order valence-corrected chi connectivity index (χ4v) is 4.54. The molecule has 1 aliphatic carbocycles. The van der Waals surface area contributed by atoms with Gasteiger partial charge in [0.1, 0.15) is 5.65 Å². The van der Waals surface area contributed by atoms with Crippen molar-refractivity contribution in [3.8, 4) is 11.1 Å². The Kier molecular flexibility index (Phi) is 5.07. The highest BCUT2D eigenvalue weighted by Crippen LogP contribution is 2.37. The molecule has 5 heteroatoms. The minimum Gasteiger partial charge on any atom is -0.346 e. The van der Waals surface area contributed by atoms with Gasteiger partial charge in [-0.25, -0.2) is 4.98 Å². The van der Waals surface area contributed by atoms with Crippen LogP contribution in [0.1, 0.15) is 57.4 Å². The van der Waals surface area contributed by atoms with E-state index in [0.29, 0.717) is 5.92 Å². The summed E-state index contributed by atoms with van der Waals surface area (Å²) in [6, 6.07) is 3.11. The number of fused-ring (bicyclic) bond motifs is 1. The van der Waals surface area contributed by atoms with Crippen LogP contribution in [0.3, 0.4) is 0 Å². The summed E-state index contributed by atoms with van der Waals surface area (Å²) < 4.78 is 0. The number of H-pyrrole nitrogens is 2. The van der Waals surface area contributed by atoms with Crippen molar-refractivity contribution < 1.29 is 0 Å². The van der Waals surface area contributed by atoms with Gasteiger partial charge in [-0.1, -0.05) is 13.8 Å². The van der Waals surface area contributed by atoms with Crippen LogP contribution in [0.5, 0.6) is 0 Å². The van der Waals surface area contributed by atoms with Gasteiger partial charge in [-0.3, -0.25) is 5.10 Å². The van der Waals surface area contributed by atoms with Crippen LogP contribution in [-0.2, 0) is 0 Å². The number of rotatable bonds is 6. The van der Waals surface area contributed by atoms with Crippen molar-refractivity contribution >= 4 is 11.0 Å². The third-order valence-electron chi connectivity index (χ3n) is 5.96. The molecule has 0 atom stereocenters. The fourth-order valence-electron chi connectivity index (χ4n) is 4.54. The van der Waals surface area contributed by atoms with Crippen molar-refractivity contribution in [3.05, 3.63) is 36.4 Å². The summed E-state index contributed by atoms with van der Waals surface area (Å²) >= 11 is 0. The second kappa shape index (κ2) is 7.62. The van der Waals surface area contributed by atoms with E-state index in [-0.39, 0.29) is 0 Å². The van der Waals surface area contributed by atoms with E-state index in [1.54, 1.807) is 0 Å². The predicted octanol–water partition coefficient (Wildman–Crippen LogP) is 4.71. The normalized spacial score (nSPS) is 20.9. The number of nitrogens with zero attached hydrogens (tertiary/aromatic N) is 3. The summed E-state index contributed by atoms with van der Waals surface area (Å²) in [6.45, 7) is 6.98. The van der Waals surface area contributed by atoms with Gasteiger partial charge < -0.3 is 9.88 Å². The Labute approximate surface area is 155 Å². The first-order valence-electron chi connectivity index (χ1n) is 10.00. The van der Waals surface area contributed by atoms with E-state index in [2.05, 4.69) is 46.2 Å². The molecule has 0 amide bonds. The molecular formula is C21H29N5. The molecule has 0 spiro atoms. The lowest BCUT2D eigenvalue weighted by molar-refractivity contribution is 0.156. The predicted molar refractivity (Wildman–Crippen MR) is 106 cm³/mol. The largest absolute Gasteiger partial charge is 0.346 e. The zero-order valence-electron chi connectivity index (χ0n) is 15.8. The van der Waals surface area contributed by atoms with Crippen molar-refractivity contribution in [2.24, 2.45) is 0 Å². The highest BCUT2D eigenvalue weighted by Gasteiger charge is 2.26. The van der Waals surface area contributed by atoms with Gasteiger partial charge in [0, 0.05) is 41.1 Å². The molecule has 0 aromatic carbocycles. The fraction of sp³-hybridized carbons (Fsp3) is 0.524. The van der Waals surface area contributed by atoms with Crippen LogP contribution in [0.2, 0.25) is 0 Å². The molecule has 0 bridgehead atoms. The lowest BCUT2D eigenvalue weighted by atomic mass is 9.81. The average molecular weight is 351 g/mol. The quantitative estimate of drug-likeness (QED) is 0.676. The molecule has 0 aliphatic heterocycles. The molecular weight excluding hydrogens is 322 g/mol. The number of hydrogen-bond acceptors (Lipinski definition) is 3. The standard InChI is InChI=1S/C21H29N5/c1-3-9-26(4-2)18-7-5-15(6-8-18)16-10-19-20(17-12-24-25-13-17)14-23-21(19)22-11-16/h10-15,18H,3-9H2,1-2H3,(H,22,23)(H,24,25). The third kappa shape index (κ3) is 3.28. The van der Waals surface area contributed by atoms with Crippen molar-refractivity contribution in [1.82, 2.24) is 25.1 Å². The monoisotopic (exact) mass is 351 g/mol. The second-order valence-corrected chi connectivity index (χ2v) is 7.49. The Hall–Kier alpha value is -2.14. The number of hydrogen-bond donors (Lipinski definition) is 2. The van der Waals surface area contributed by atoms with Crippen LogP contribution in [0.25, 0.3) is 22.2 Å². The summed E-state index contributed by atoms with van der Waals surface area (Å²) in [4.78, 5) is 10.6. The van der Waals surface area contributed by atoms with Gasteiger partial charge in [0.25, 0.3) is 0 Å². The molecule has 3 aromatic rings. The van der Waals surface area contributed by atoms with Gasteiger partial charge >= 0.3 is 0 Å². The van der Waals surface area contributed by atoms with Crippen LogP contribution >= 0.6 is 0 Å². The number of aromatic nitrogens is 4. The molecule has 5 nitrogen and oxygen atoms in total. The molecule has 3 heterocycles. The molecule has 1 fully saturated rings. The van der Waals surface area contributed by atoms with Gasteiger partial charge in [0.2, 0.25) is 0 Å². The summed E-state index contributed by atoms with van der Waals surface area (Å²) in [5.74, 6) is 0.635. The maximum Gasteiger partial charge on any atom is 0.137 e. The summed E-state index contributed by atoms with van der Waals surface area (Å²) in [5.41, 5.74) is 4.63. The zero-order chi connectivity index (χ0) is 17.9.